The number of benzene rings is 3. The van der Waals surface area contributed by atoms with Gasteiger partial charge in [-0.15, -0.1) is 0 Å². The Balaban J connectivity index is 1.84. The van der Waals surface area contributed by atoms with Gasteiger partial charge < -0.3 is 14.2 Å². The lowest BCUT2D eigenvalue weighted by atomic mass is 10.2. The highest BCUT2D eigenvalue weighted by Crippen LogP contribution is 2.33. The molecule has 1 N–H and O–H groups in total. The van der Waals surface area contributed by atoms with Crippen LogP contribution in [0.4, 0.5) is 5.69 Å². The standard InChI is InChI=1S/C28H33N3O6S/c1-5-16-37-26-15-13-22(18-27(26)36-6-2)19-29-30-28(32)20-31(24-17-21(3)12-14-25(24)35-4)38(33,34)23-10-8-7-9-11-23/h7-15,17-19H,5-6,16,20H2,1-4H3,(H,30,32)/b29-19-. The quantitative estimate of drug-likeness (QED) is 0.253. The van der Waals surface area contributed by atoms with Gasteiger partial charge in [0.05, 0.1) is 37.1 Å². The van der Waals surface area contributed by atoms with Crippen LogP contribution in [0.15, 0.2) is 76.7 Å². The fraction of sp³-hybridized carbons (Fsp3) is 0.286. The second kappa shape index (κ2) is 13.5. The fourth-order valence-corrected chi connectivity index (χ4v) is 5.01. The van der Waals surface area contributed by atoms with Crippen LogP contribution in [0.25, 0.3) is 0 Å². The molecule has 3 aromatic rings. The third kappa shape index (κ3) is 7.25. The van der Waals surface area contributed by atoms with Crippen molar-refractivity contribution in [3.8, 4) is 17.2 Å². The van der Waals surface area contributed by atoms with Crippen LogP contribution in [0.1, 0.15) is 31.4 Å². The Morgan fingerprint density at radius 1 is 0.974 bits per heavy atom. The van der Waals surface area contributed by atoms with Crippen molar-refractivity contribution < 1.29 is 27.4 Å². The number of rotatable bonds is 13. The monoisotopic (exact) mass is 539 g/mol. The number of nitrogens with zero attached hydrogens (tertiary/aromatic N) is 2. The Labute approximate surface area is 224 Å². The highest BCUT2D eigenvalue weighted by atomic mass is 32.2. The van der Waals surface area contributed by atoms with Crippen molar-refractivity contribution in [1.82, 2.24) is 5.43 Å². The largest absolute Gasteiger partial charge is 0.495 e. The van der Waals surface area contributed by atoms with Gasteiger partial charge in [-0.3, -0.25) is 9.10 Å². The molecule has 0 radical (unpaired) electrons. The summed E-state index contributed by atoms with van der Waals surface area (Å²) in [5.74, 6) is 0.893. The number of hydrogen-bond donors (Lipinski definition) is 1. The fourth-order valence-electron chi connectivity index (χ4n) is 3.56. The number of carbonyl (C=O) groups excluding carboxylic acids is 1. The van der Waals surface area contributed by atoms with Crippen LogP contribution in [0.5, 0.6) is 17.2 Å². The maximum Gasteiger partial charge on any atom is 0.264 e. The normalized spacial score (nSPS) is 11.3. The van der Waals surface area contributed by atoms with Gasteiger partial charge in [0, 0.05) is 0 Å². The van der Waals surface area contributed by atoms with Crippen LogP contribution in [-0.2, 0) is 14.8 Å². The second-order valence-electron chi connectivity index (χ2n) is 8.28. The van der Waals surface area contributed by atoms with E-state index >= 15 is 0 Å². The number of ether oxygens (including phenoxy) is 3. The first-order chi connectivity index (χ1) is 18.3. The number of carbonyl (C=O) groups is 1. The van der Waals surface area contributed by atoms with Crippen molar-refractivity contribution in [2.24, 2.45) is 5.10 Å². The summed E-state index contributed by atoms with van der Waals surface area (Å²) in [5, 5.41) is 4.02. The summed E-state index contributed by atoms with van der Waals surface area (Å²) in [7, 11) is -2.64. The molecule has 0 fully saturated rings. The molecular weight excluding hydrogens is 506 g/mol. The van der Waals surface area contributed by atoms with E-state index in [2.05, 4.69) is 10.5 Å². The molecule has 0 atom stereocenters. The maximum absolute atomic E-state index is 13.6. The molecule has 10 heteroatoms. The number of sulfonamides is 1. The van der Waals surface area contributed by atoms with Crippen molar-refractivity contribution in [2.75, 3.05) is 31.2 Å². The molecule has 9 nitrogen and oxygen atoms in total. The predicted molar refractivity (Wildman–Crippen MR) is 148 cm³/mol. The first-order valence-electron chi connectivity index (χ1n) is 12.2. The van der Waals surface area contributed by atoms with E-state index in [1.54, 1.807) is 54.6 Å². The molecule has 0 saturated heterocycles. The van der Waals surface area contributed by atoms with Crippen molar-refractivity contribution in [3.05, 3.63) is 77.9 Å². The molecule has 1 amide bonds. The van der Waals surface area contributed by atoms with Gasteiger partial charge in [-0.25, -0.2) is 13.8 Å². The van der Waals surface area contributed by atoms with Gasteiger partial charge in [-0.2, -0.15) is 5.10 Å². The highest BCUT2D eigenvalue weighted by Gasteiger charge is 2.29. The number of aryl methyl sites for hydroxylation is 1. The average Bonchev–Trinajstić information content (AvgIpc) is 2.92. The number of hydrogen-bond acceptors (Lipinski definition) is 7. The van der Waals surface area contributed by atoms with Crippen molar-refractivity contribution in [1.29, 1.82) is 0 Å². The molecule has 0 heterocycles. The average molecular weight is 540 g/mol. The van der Waals surface area contributed by atoms with Crippen LogP contribution in [0.2, 0.25) is 0 Å². The molecule has 3 rings (SSSR count). The summed E-state index contributed by atoms with van der Waals surface area (Å²) < 4.78 is 44.9. The molecule has 0 aromatic heterocycles. The Bertz CT molecular complexity index is 1360. The predicted octanol–water partition coefficient (Wildman–Crippen LogP) is 4.54. The molecule has 202 valence electrons. The van der Waals surface area contributed by atoms with E-state index in [1.165, 1.54) is 25.5 Å². The number of hydrazone groups is 1. The number of amides is 1. The SMILES string of the molecule is CCCOc1ccc(/C=N\NC(=O)CN(c2cc(C)ccc2OC)S(=O)(=O)c2ccccc2)cc1OCC. The zero-order valence-corrected chi connectivity index (χ0v) is 22.8. The minimum Gasteiger partial charge on any atom is -0.495 e. The lowest BCUT2D eigenvalue weighted by molar-refractivity contribution is -0.119. The van der Waals surface area contributed by atoms with Crippen molar-refractivity contribution in [2.45, 2.75) is 32.1 Å². The van der Waals surface area contributed by atoms with Crippen LogP contribution in [-0.4, -0.2) is 47.4 Å². The molecular formula is C28H33N3O6S. The summed E-state index contributed by atoms with van der Waals surface area (Å²) in [5.41, 5.74) is 4.15. The minimum absolute atomic E-state index is 0.0497. The third-order valence-corrected chi connectivity index (χ3v) is 7.13. The first kappa shape index (κ1) is 28.5. The van der Waals surface area contributed by atoms with Crippen LogP contribution >= 0.6 is 0 Å². The van der Waals surface area contributed by atoms with E-state index in [0.717, 1.165) is 16.3 Å². The summed E-state index contributed by atoms with van der Waals surface area (Å²) >= 11 is 0. The molecule has 0 unspecified atom stereocenters. The second-order valence-corrected chi connectivity index (χ2v) is 10.1. The number of nitrogens with one attached hydrogen (secondary N) is 1. The number of anilines is 1. The molecule has 0 aliphatic heterocycles. The van der Waals surface area contributed by atoms with Gasteiger partial charge in [0.15, 0.2) is 11.5 Å². The van der Waals surface area contributed by atoms with Gasteiger partial charge in [0.25, 0.3) is 15.9 Å². The van der Waals surface area contributed by atoms with E-state index in [0.29, 0.717) is 36.0 Å². The number of methoxy groups -OCH3 is 1. The topological polar surface area (TPSA) is 107 Å². The summed E-state index contributed by atoms with van der Waals surface area (Å²) in [4.78, 5) is 13.0. The van der Waals surface area contributed by atoms with Crippen LogP contribution < -0.4 is 23.9 Å². The summed E-state index contributed by atoms with van der Waals surface area (Å²) in [6.45, 7) is 6.25. The Kier molecular flexibility index (Phi) is 10.1. The van der Waals surface area contributed by atoms with Gasteiger partial charge >= 0.3 is 0 Å². The Morgan fingerprint density at radius 3 is 2.39 bits per heavy atom. The maximum atomic E-state index is 13.6. The molecule has 0 spiro atoms. The summed E-state index contributed by atoms with van der Waals surface area (Å²) in [6, 6.07) is 18.4. The lowest BCUT2D eigenvalue weighted by Crippen LogP contribution is -2.39. The van der Waals surface area contributed by atoms with E-state index in [4.69, 9.17) is 14.2 Å². The van der Waals surface area contributed by atoms with Crippen molar-refractivity contribution in [3.63, 3.8) is 0 Å². The minimum atomic E-state index is -4.09. The molecule has 38 heavy (non-hydrogen) atoms. The third-order valence-electron chi connectivity index (χ3n) is 5.35. The Morgan fingerprint density at radius 2 is 1.71 bits per heavy atom. The first-order valence-corrected chi connectivity index (χ1v) is 13.7. The van der Waals surface area contributed by atoms with Gasteiger partial charge in [0.2, 0.25) is 0 Å². The smallest absolute Gasteiger partial charge is 0.264 e. The van der Waals surface area contributed by atoms with Gasteiger partial charge in [-0.1, -0.05) is 31.2 Å². The Hall–Kier alpha value is -4.05. The van der Waals surface area contributed by atoms with Gasteiger partial charge in [0.1, 0.15) is 12.3 Å². The van der Waals surface area contributed by atoms with E-state index in [1.807, 2.05) is 20.8 Å². The highest BCUT2D eigenvalue weighted by molar-refractivity contribution is 7.92. The van der Waals surface area contributed by atoms with E-state index in [-0.39, 0.29) is 10.6 Å². The van der Waals surface area contributed by atoms with Crippen LogP contribution in [0.3, 0.4) is 0 Å². The molecule has 0 aliphatic rings. The zero-order chi connectivity index (χ0) is 27.5. The molecule has 0 bridgehead atoms. The summed E-state index contributed by atoms with van der Waals surface area (Å²) in [6.07, 6.45) is 2.32. The molecule has 0 saturated carbocycles. The molecule has 3 aromatic carbocycles. The van der Waals surface area contributed by atoms with E-state index < -0.39 is 22.5 Å². The zero-order valence-electron chi connectivity index (χ0n) is 22.0. The van der Waals surface area contributed by atoms with Crippen molar-refractivity contribution >= 4 is 27.8 Å². The lowest BCUT2D eigenvalue weighted by Gasteiger charge is -2.25. The molecule has 0 aliphatic carbocycles. The van der Waals surface area contributed by atoms with Gasteiger partial charge in [-0.05, 0) is 73.9 Å². The van der Waals surface area contributed by atoms with Crippen LogP contribution in [0, 0.1) is 6.92 Å². The van der Waals surface area contributed by atoms with E-state index in [9.17, 15) is 13.2 Å².